The van der Waals surface area contributed by atoms with Crippen molar-refractivity contribution in [1.29, 1.82) is 0 Å². The normalized spacial score (nSPS) is 12.2. The number of benzene rings is 1. The van der Waals surface area contributed by atoms with Gasteiger partial charge < -0.3 is 9.84 Å². The predicted molar refractivity (Wildman–Crippen MR) is 72.8 cm³/mol. The van der Waals surface area contributed by atoms with Crippen LogP contribution in [0.2, 0.25) is 0 Å². The van der Waals surface area contributed by atoms with E-state index in [4.69, 9.17) is 4.74 Å². The maximum Gasteiger partial charge on any atom is 0.323 e. The smallest absolute Gasteiger partial charge is 0.323 e. The highest BCUT2D eigenvalue weighted by Crippen LogP contribution is 2.42. The second-order valence-corrected chi connectivity index (χ2v) is 5.31. The van der Waals surface area contributed by atoms with E-state index >= 15 is 0 Å². The van der Waals surface area contributed by atoms with E-state index in [0.29, 0.717) is 16.2 Å². The Morgan fingerprint density at radius 1 is 1.45 bits per heavy atom. The summed E-state index contributed by atoms with van der Waals surface area (Å²) in [6.45, 7) is 3.09. The van der Waals surface area contributed by atoms with Gasteiger partial charge in [0, 0.05) is 10.9 Å². The molecule has 7 heteroatoms. The Hall–Kier alpha value is -1.99. The van der Waals surface area contributed by atoms with Crippen molar-refractivity contribution >= 4 is 17.0 Å². The summed E-state index contributed by atoms with van der Waals surface area (Å²) in [4.78, 5) is 10.8. The monoisotopic (exact) mass is 297 g/mol. The minimum absolute atomic E-state index is 0.0666. The van der Waals surface area contributed by atoms with Gasteiger partial charge in [-0.05, 0) is 37.6 Å². The molecule has 1 N–H and O–H groups in total. The SMILES string of the molecule is Cc1cc(Oc2sc([C@H](C)O)cc2[N+](=O)[O-])ccc1F. The maximum atomic E-state index is 13.2. The van der Waals surface area contributed by atoms with Crippen LogP contribution in [0.25, 0.3) is 0 Å². The topological polar surface area (TPSA) is 72.6 Å². The lowest BCUT2D eigenvalue weighted by atomic mass is 10.2. The molecule has 0 spiro atoms. The first-order valence-corrected chi connectivity index (χ1v) is 6.60. The number of thiophene rings is 1. The molecule has 0 bridgehead atoms. The zero-order valence-corrected chi connectivity index (χ0v) is 11.6. The molecule has 1 heterocycles. The highest BCUT2D eigenvalue weighted by molar-refractivity contribution is 7.14. The molecule has 20 heavy (non-hydrogen) atoms. The van der Waals surface area contributed by atoms with Gasteiger partial charge in [0.05, 0.1) is 11.0 Å². The molecule has 2 rings (SSSR count). The van der Waals surface area contributed by atoms with Crippen LogP contribution in [0.15, 0.2) is 24.3 Å². The highest BCUT2D eigenvalue weighted by atomic mass is 32.1. The molecule has 0 amide bonds. The van der Waals surface area contributed by atoms with Crippen LogP contribution in [0.5, 0.6) is 10.8 Å². The summed E-state index contributed by atoms with van der Waals surface area (Å²) in [5.74, 6) is -0.0614. The number of nitrogens with zero attached hydrogens (tertiary/aromatic N) is 1. The minimum atomic E-state index is -0.814. The number of aliphatic hydroxyl groups excluding tert-OH is 1. The van der Waals surface area contributed by atoms with Crippen LogP contribution in [-0.2, 0) is 0 Å². The van der Waals surface area contributed by atoms with E-state index in [2.05, 4.69) is 0 Å². The summed E-state index contributed by atoms with van der Waals surface area (Å²) in [7, 11) is 0. The fourth-order valence-corrected chi connectivity index (χ4v) is 2.51. The van der Waals surface area contributed by atoms with Crippen molar-refractivity contribution in [3.8, 4) is 10.8 Å². The lowest BCUT2D eigenvalue weighted by Crippen LogP contribution is -1.90. The van der Waals surface area contributed by atoms with Crippen LogP contribution in [0.3, 0.4) is 0 Å². The summed E-state index contributed by atoms with van der Waals surface area (Å²) in [6, 6.07) is 5.37. The number of aliphatic hydroxyl groups is 1. The van der Waals surface area contributed by atoms with Crippen molar-refractivity contribution in [2.24, 2.45) is 0 Å². The van der Waals surface area contributed by atoms with Gasteiger partial charge in [0.1, 0.15) is 11.6 Å². The summed E-state index contributed by atoms with van der Waals surface area (Å²) >= 11 is 0.993. The molecule has 1 aromatic carbocycles. The van der Waals surface area contributed by atoms with E-state index in [9.17, 15) is 19.6 Å². The molecule has 0 aliphatic carbocycles. The number of hydrogen-bond donors (Lipinski definition) is 1. The Balaban J connectivity index is 2.36. The molecule has 1 atom stereocenters. The van der Waals surface area contributed by atoms with E-state index in [1.54, 1.807) is 6.92 Å². The molecule has 106 valence electrons. The van der Waals surface area contributed by atoms with Crippen LogP contribution >= 0.6 is 11.3 Å². The van der Waals surface area contributed by atoms with Crippen LogP contribution in [0.4, 0.5) is 10.1 Å². The molecule has 0 saturated heterocycles. The molecule has 0 aliphatic heterocycles. The van der Waals surface area contributed by atoms with Gasteiger partial charge in [0.15, 0.2) is 0 Å². The van der Waals surface area contributed by atoms with E-state index in [-0.39, 0.29) is 16.6 Å². The number of halogens is 1. The zero-order valence-electron chi connectivity index (χ0n) is 10.8. The second kappa shape index (κ2) is 5.56. The fourth-order valence-electron chi connectivity index (χ4n) is 1.58. The van der Waals surface area contributed by atoms with Crippen LogP contribution < -0.4 is 4.74 Å². The summed E-state index contributed by atoms with van der Waals surface area (Å²) in [5, 5.41) is 20.5. The van der Waals surface area contributed by atoms with Gasteiger partial charge >= 0.3 is 5.69 Å². The lowest BCUT2D eigenvalue weighted by molar-refractivity contribution is -0.385. The quantitative estimate of drug-likeness (QED) is 0.685. The standard InChI is InChI=1S/C13H12FNO4S/c1-7-5-9(3-4-10(7)14)19-13-11(15(17)18)6-12(20-13)8(2)16/h3-6,8,16H,1-2H3/t8-/m0/s1. The molecule has 0 radical (unpaired) electrons. The number of aryl methyl sites for hydroxylation is 1. The molecular weight excluding hydrogens is 285 g/mol. The van der Waals surface area contributed by atoms with Crippen molar-refractivity contribution in [1.82, 2.24) is 0 Å². The Kier molecular flexibility index (Phi) is 4.01. The Morgan fingerprint density at radius 3 is 2.70 bits per heavy atom. The number of nitro groups is 1. The van der Waals surface area contributed by atoms with Crippen molar-refractivity contribution in [2.75, 3.05) is 0 Å². The molecule has 0 aliphatic rings. The van der Waals surface area contributed by atoms with Gasteiger partial charge in [0.25, 0.3) is 5.06 Å². The average Bonchev–Trinajstić information content (AvgIpc) is 2.78. The second-order valence-electron chi connectivity index (χ2n) is 4.27. The number of rotatable bonds is 4. The zero-order chi connectivity index (χ0) is 14.9. The number of ether oxygens (including phenoxy) is 1. The molecule has 0 saturated carbocycles. The van der Waals surface area contributed by atoms with Gasteiger partial charge in [-0.15, -0.1) is 0 Å². The molecule has 2 aromatic rings. The third-order valence-electron chi connectivity index (χ3n) is 2.65. The Bertz CT molecular complexity index is 654. The lowest BCUT2D eigenvalue weighted by Gasteiger charge is -2.04. The van der Waals surface area contributed by atoms with Gasteiger partial charge in [-0.2, -0.15) is 0 Å². The van der Waals surface area contributed by atoms with E-state index < -0.39 is 11.0 Å². The van der Waals surface area contributed by atoms with Crippen LogP contribution in [0, 0.1) is 22.9 Å². The highest BCUT2D eigenvalue weighted by Gasteiger charge is 2.23. The average molecular weight is 297 g/mol. The van der Waals surface area contributed by atoms with E-state index in [1.165, 1.54) is 31.2 Å². The van der Waals surface area contributed by atoms with Crippen LogP contribution in [0.1, 0.15) is 23.5 Å². The number of hydrogen-bond acceptors (Lipinski definition) is 5. The van der Waals surface area contributed by atoms with Crippen LogP contribution in [-0.4, -0.2) is 10.0 Å². The van der Waals surface area contributed by atoms with E-state index in [0.717, 1.165) is 11.3 Å². The van der Waals surface area contributed by atoms with Crippen molar-refractivity contribution in [2.45, 2.75) is 20.0 Å². The first-order chi connectivity index (χ1) is 9.38. The van der Waals surface area contributed by atoms with Crippen molar-refractivity contribution in [3.63, 3.8) is 0 Å². The Labute approximate surface area is 118 Å². The first-order valence-electron chi connectivity index (χ1n) is 5.78. The Morgan fingerprint density at radius 2 is 2.15 bits per heavy atom. The minimum Gasteiger partial charge on any atom is -0.440 e. The third-order valence-corrected chi connectivity index (χ3v) is 3.82. The molecular formula is C13H12FNO4S. The van der Waals surface area contributed by atoms with E-state index in [1.807, 2.05) is 0 Å². The molecule has 1 aromatic heterocycles. The summed E-state index contributed by atoms with van der Waals surface area (Å²) < 4.78 is 18.6. The van der Waals surface area contributed by atoms with Gasteiger partial charge in [-0.1, -0.05) is 11.3 Å². The summed E-state index contributed by atoms with van der Waals surface area (Å²) in [5.41, 5.74) is 0.172. The fraction of sp³-hybridized carbons (Fsp3) is 0.231. The predicted octanol–water partition coefficient (Wildman–Crippen LogP) is 3.95. The van der Waals surface area contributed by atoms with Gasteiger partial charge in [-0.25, -0.2) is 4.39 Å². The van der Waals surface area contributed by atoms with Crippen molar-refractivity contribution < 1.29 is 19.2 Å². The van der Waals surface area contributed by atoms with Gasteiger partial charge in [-0.3, -0.25) is 10.1 Å². The third kappa shape index (κ3) is 2.94. The summed E-state index contributed by atoms with van der Waals surface area (Å²) in [6.07, 6.45) is -0.814. The maximum absolute atomic E-state index is 13.2. The van der Waals surface area contributed by atoms with Crippen molar-refractivity contribution in [3.05, 3.63) is 50.6 Å². The molecule has 0 fully saturated rings. The van der Waals surface area contributed by atoms with Gasteiger partial charge in [0.2, 0.25) is 0 Å². The largest absolute Gasteiger partial charge is 0.440 e. The molecule has 5 nitrogen and oxygen atoms in total. The first kappa shape index (κ1) is 14.4. The molecule has 0 unspecified atom stereocenters.